The third kappa shape index (κ3) is 3.62. The minimum absolute atomic E-state index is 0.0661. The second kappa shape index (κ2) is 5.86. The van der Waals surface area contributed by atoms with Crippen LogP contribution in [0, 0.1) is 6.92 Å². The molecule has 0 bridgehead atoms. The molecule has 0 heterocycles. The number of urea groups is 1. The van der Waals surface area contributed by atoms with Crippen LogP contribution in [-0.2, 0) is 0 Å². The number of nitrogens with one attached hydrogen (secondary N) is 2. The first-order valence-electron chi connectivity index (χ1n) is 5.48. The fourth-order valence-corrected chi connectivity index (χ4v) is 1.37. The minimum Gasteiger partial charge on any atom is -0.478 e. The zero-order valence-electron chi connectivity index (χ0n) is 10.4. The van der Waals surface area contributed by atoms with E-state index in [1.54, 1.807) is 32.1 Å². The van der Waals surface area contributed by atoms with Gasteiger partial charge in [-0.25, -0.2) is 9.59 Å². The van der Waals surface area contributed by atoms with Crippen molar-refractivity contribution >= 4 is 17.7 Å². The minimum atomic E-state index is -1.08. The molecular weight excluding hydrogens is 232 g/mol. The standard InChI is InChI=1S/C13H16N2O3/c1-4-9(3)14-13(18)15-11-6-5-8(2)7-10(11)12(16)17/h4-7,9H,1H2,2-3H3,(H,16,17)(H2,14,15,18). The van der Waals surface area contributed by atoms with Crippen molar-refractivity contribution in [3.8, 4) is 0 Å². The van der Waals surface area contributed by atoms with E-state index in [-0.39, 0.29) is 17.3 Å². The second-order valence-electron chi connectivity index (χ2n) is 3.98. The van der Waals surface area contributed by atoms with Crippen molar-refractivity contribution in [2.45, 2.75) is 19.9 Å². The van der Waals surface area contributed by atoms with Crippen molar-refractivity contribution in [2.75, 3.05) is 5.32 Å². The molecule has 0 aliphatic rings. The van der Waals surface area contributed by atoms with Crippen LogP contribution in [0.5, 0.6) is 0 Å². The van der Waals surface area contributed by atoms with Gasteiger partial charge in [0.1, 0.15) is 0 Å². The number of rotatable bonds is 4. The highest BCUT2D eigenvalue weighted by Crippen LogP contribution is 2.17. The normalized spacial score (nSPS) is 11.4. The fraction of sp³-hybridized carbons (Fsp3) is 0.231. The number of carboxylic acids is 1. The second-order valence-corrected chi connectivity index (χ2v) is 3.98. The van der Waals surface area contributed by atoms with Crippen molar-refractivity contribution < 1.29 is 14.7 Å². The maximum absolute atomic E-state index is 11.6. The Morgan fingerprint density at radius 2 is 2.11 bits per heavy atom. The number of benzene rings is 1. The highest BCUT2D eigenvalue weighted by atomic mass is 16.4. The van der Waals surface area contributed by atoms with E-state index < -0.39 is 12.0 Å². The Bertz CT molecular complexity index is 483. The van der Waals surface area contributed by atoms with E-state index in [0.29, 0.717) is 0 Å². The van der Waals surface area contributed by atoms with Crippen LogP contribution in [0.25, 0.3) is 0 Å². The van der Waals surface area contributed by atoms with Gasteiger partial charge in [0.15, 0.2) is 0 Å². The molecule has 0 spiro atoms. The number of carbonyl (C=O) groups excluding carboxylic acids is 1. The zero-order chi connectivity index (χ0) is 13.7. The molecule has 0 saturated heterocycles. The summed E-state index contributed by atoms with van der Waals surface area (Å²) in [5.74, 6) is -1.08. The van der Waals surface area contributed by atoms with Gasteiger partial charge in [0, 0.05) is 6.04 Å². The Kier molecular flexibility index (Phi) is 4.48. The Labute approximate surface area is 106 Å². The molecule has 1 rings (SSSR count). The third-order valence-electron chi connectivity index (χ3n) is 2.37. The van der Waals surface area contributed by atoms with Crippen molar-refractivity contribution in [2.24, 2.45) is 0 Å². The van der Waals surface area contributed by atoms with Gasteiger partial charge in [-0.05, 0) is 26.0 Å². The van der Waals surface area contributed by atoms with Crippen LogP contribution in [0.3, 0.4) is 0 Å². The number of aryl methyl sites for hydroxylation is 1. The lowest BCUT2D eigenvalue weighted by atomic mass is 10.1. The topological polar surface area (TPSA) is 78.4 Å². The molecule has 1 atom stereocenters. The largest absolute Gasteiger partial charge is 0.478 e. The number of hydrogen-bond acceptors (Lipinski definition) is 2. The maximum Gasteiger partial charge on any atom is 0.337 e. The number of carbonyl (C=O) groups is 2. The van der Waals surface area contributed by atoms with Crippen LogP contribution < -0.4 is 10.6 Å². The van der Waals surface area contributed by atoms with Crippen LogP contribution in [0.4, 0.5) is 10.5 Å². The van der Waals surface area contributed by atoms with E-state index in [9.17, 15) is 9.59 Å². The summed E-state index contributed by atoms with van der Waals surface area (Å²) in [5, 5.41) is 14.1. The molecule has 0 fully saturated rings. The number of amides is 2. The predicted octanol–water partition coefficient (Wildman–Crippen LogP) is 2.39. The lowest BCUT2D eigenvalue weighted by Gasteiger charge is -2.12. The molecule has 1 aromatic carbocycles. The SMILES string of the molecule is C=CC(C)NC(=O)Nc1ccc(C)cc1C(=O)O. The lowest BCUT2D eigenvalue weighted by molar-refractivity contribution is 0.0698. The smallest absolute Gasteiger partial charge is 0.337 e. The first-order valence-corrected chi connectivity index (χ1v) is 5.48. The Morgan fingerprint density at radius 1 is 1.44 bits per heavy atom. The molecule has 96 valence electrons. The average Bonchev–Trinajstić information content (AvgIpc) is 2.30. The number of aromatic carboxylic acids is 1. The van der Waals surface area contributed by atoms with Gasteiger partial charge in [-0.3, -0.25) is 0 Å². The van der Waals surface area contributed by atoms with E-state index in [2.05, 4.69) is 17.2 Å². The zero-order valence-corrected chi connectivity index (χ0v) is 10.4. The maximum atomic E-state index is 11.6. The molecule has 2 amide bonds. The molecule has 0 aliphatic carbocycles. The average molecular weight is 248 g/mol. The Balaban J connectivity index is 2.87. The molecular formula is C13H16N2O3. The van der Waals surface area contributed by atoms with Gasteiger partial charge in [-0.15, -0.1) is 6.58 Å². The lowest BCUT2D eigenvalue weighted by Crippen LogP contribution is -2.35. The summed E-state index contributed by atoms with van der Waals surface area (Å²) in [6.07, 6.45) is 1.58. The van der Waals surface area contributed by atoms with E-state index in [1.807, 2.05) is 0 Å². The molecule has 0 aromatic heterocycles. The number of anilines is 1. The predicted molar refractivity (Wildman–Crippen MR) is 70.0 cm³/mol. The molecule has 18 heavy (non-hydrogen) atoms. The summed E-state index contributed by atoms with van der Waals surface area (Å²) >= 11 is 0. The molecule has 0 aliphatic heterocycles. The quantitative estimate of drug-likeness (QED) is 0.716. The fourth-order valence-electron chi connectivity index (χ4n) is 1.37. The highest BCUT2D eigenvalue weighted by Gasteiger charge is 2.13. The van der Waals surface area contributed by atoms with Crippen LogP contribution in [-0.4, -0.2) is 23.1 Å². The Hall–Kier alpha value is -2.30. The van der Waals surface area contributed by atoms with Gasteiger partial charge >= 0.3 is 12.0 Å². The van der Waals surface area contributed by atoms with Crippen LogP contribution >= 0.6 is 0 Å². The summed E-state index contributed by atoms with van der Waals surface area (Å²) < 4.78 is 0. The summed E-state index contributed by atoms with van der Waals surface area (Å²) in [7, 11) is 0. The van der Waals surface area contributed by atoms with Crippen molar-refractivity contribution in [3.05, 3.63) is 42.0 Å². The highest BCUT2D eigenvalue weighted by molar-refractivity contribution is 6.00. The summed E-state index contributed by atoms with van der Waals surface area (Å²) in [4.78, 5) is 22.6. The molecule has 1 unspecified atom stereocenters. The number of carboxylic acid groups (broad SMARTS) is 1. The van der Waals surface area contributed by atoms with Gasteiger partial charge in [-0.2, -0.15) is 0 Å². The molecule has 0 saturated carbocycles. The van der Waals surface area contributed by atoms with E-state index in [1.165, 1.54) is 6.07 Å². The molecule has 1 aromatic rings. The van der Waals surface area contributed by atoms with Crippen molar-refractivity contribution in [1.29, 1.82) is 0 Å². The van der Waals surface area contributed by atoms with Gasteiger partial charge < -0.3 is 15.7 Å². The third-order valence-corrected chi connectivity index (χ3v) is 2.37. The van der Waals surface area contributed by atoms with E-state index >= 15 is 0 Å². The van der Waals surface area contributed by atoms with Gasteiger partial charge in [-0.1, -0.05) is 17.7 Å². The first-order chi connectivity index (χ1) is 8.43. The van der Waals surface area contributed by atoms with Crippen molar-refractivity contribution in [3.63, 3.8) is 0 Å². The van der Waals surface area contributed by atoms with Crippen LogP contribution in [0.15, 0.2) is 30.9 Å². The van der Waals surface area contributed by atoms with Crippen molar-refractivity contribution in [1.82, 2.24) is 5.32 Å². The molecule has 3 N–H and O–H groups in total. The van der Waals surface area contributed by atoms with Crippen LogP contribution in [0.2, 0.25) is 0 Å². The summed E-state index contributed by atoms with van der Waals surface area (Å²) in [6, 6.07) is 4.16. The monoisotopic (exact) mass is 248 g/mol. The first kappa shape index (κ1) is 13.8. The van der Waals surface area contributed by atoms with Gasteiger partial charge in [0.2, 0.25) is 0 Å². The van der Waals surface area contributed by atoms with E-state index in [4.69, 9.17) is 5.11 Å². The molecule has 0 radical (unpaired) electrons. The molecule has 5 nitrogen and oxygen atoms in total. The van der Waals surface area contributed by atoms with E-state index in [0.717, 1.165) is 5.56 Å². The number of hydrogen-bond donors (Lipinski definition) is 3. The summed E-state index contributed by atoms with van der Waals surface area (Å²) in [5.41, 5.74) is 1.15. The van der Waals surface area contributed by atoms with Gasteiger partial charge in [0.05, 0.1) is 11.3 Å². The van der Waals surface area contributed by atoms with Gasteiger partial charge in [0.25, 0.3) is 0 Å². The summed E-state index contributed by atoms with van der Waals surface area (Å²) in [6.45, 7) is 7.09. The Morgan fingerprint density at radius 3 is 2.67 bits per heavy atom. The van der Waals surface area contributed by atoms with Crippen LogP contribution in [0.1, 0.15) is 22.8 Å². The molecule has 5 heteroatoms.